The van der Waals surface area contributed by atoms with Crippen molar-refractivity contribution in [3.05, 3.63) is 46.5 Å². The number of rotatable bonds is 3. The van der Waals surface area contributed by atoms with Crippen LogP contribution in [0.15, 0.2) is 55.8 Å². The zero-order valence-electron chi connectivity index (χ0n) is 11.9. The zero-order chi connectivity index (χ0) is 16.3. The normalized spacial score (nSPS) is 19.6. The van der Waals surface area contributed by atoms with Crippen LogP contribution in [0.5, 0.6) is 5.75 Å². The van der Waals surface area contributed by atoms with Gasteiger partial charge in [-0.25, -0.2) is 0 Å². The van der Waals surface area contributed by atoms with Gasteiger partial charge in [0.25, 0.3) is 10.0 Å². The Morgan fingerprint density at radius 2 is 2.09 bits per heavy atom. The Morgan fingerprint density at radius 1 is 1.36 bits per heavy atom. The highest BCUT2D eigenvalue weighted by atomic mass is 79.9. The molecule has 0 bridgehead atoms. The maximum absolute atomic E-state index is 12.5. The van der Waals surface area contributed by atoms with Gasteiger partial charge in [0, 0.05) is 16.0 Å². The standard InChI is InChI=1S/C15H13BrN2O3S/c1-10-7-11(9-17)3-5-13(10)18-22(19,20)15-8-12(16)4-6-14(15)21-2/h3-8,10H,1-2H3. The number of ether oxygens (including phenoxy) is 1. The molecule has 7 heteroatoms. The molecule has 1 aliphatic rings. The van der Waals surface area contributed by atoms with Gasteiger partial charge in [-0.05, 0) is 30.4 Å². The first-order chi connectivity index (χ1) is 10.4. The van der Waals surface area contributed by atoms with E-state index in [0.717, 1.165) is 0 Å². The number of nitriles is 1. The number of hydrogen-bond acceptors (Lipinski definition) is 4. The molecule has 0 spiro atoms. The summed E-state index contributed by atoms with van der Waals surface area (Å²) < 4.78 is 34.6. The van der Waals surface area contributed by atoms with Gasteiger partial charge in [-0.3, -0.25) is 0 Å². The van der Waals surface area contributed by atoms with Gasteiger partial charge in [0.2, 0.25) is 0 Å². The molecular formula is C15H13BrN2O3S. The SMILES string of the molecule is COc1ccc(Br)cc1S(=O)(=O)N=C1C=CC(C#N)=CC1C. The van der Waals surface area contributed by atoms with Crippen molar-refractivity contribution < 1.29 is 13.2 Å². The van der Waals surface area contributed by atoms with Gasteiger partial charge >= 0.3 is 0 Å². The Bertz CT molecular complexity index is 833. The quantitative estimate of drug-likeness (QED) is 0.805. The summed E-state index contributed by atoms with van der Waals surface area (Å²) in [4.78, 5) is -0.00691. The predicted octanol–water partition coefficient (Wildman–Crippen LogP) is 3.24. The molecule has 1 unspecified atom stereocenters. The molecule has 0 N–H and O–H groups in total. The van der Waals surface area contributed by atoms with Crippen LogP contribution >= 0.6 is 15.9 Å². The highest BCUT2D eigenvalue weighted by Crippen LogP contribution is 2.29. The van der Waals surface area contributed by atoms with Gasteiger partial charge in [-0.2, -0.15) is 18.1 Å². The lowest BCUT2D eigenvalue weighted by Gasteiger charge is -2.13. The second-order valence-electron chi connectivity index (χ2n) is 4.64. The topological polar surface area (TPSA) is 79.5 Å². The summed E-state index contributed by atoms with van der Waals surface area (Å²) in [5.41, 5.74) is 0.866. The van der Waals surface area contributed by atoms with E-state index in [9.17, 15) is 8.42 Å². The summed E-state index contributed by atoms with van der Waals surface area (Å²) in [5.74, 6) is -0.0270. The van der Waals surface area contributed by atoms with Gasteiger partial charge in [-0.15, -0.1) is 0 Å². The summed E-state index contributed by atoms with van der Waals surface area (Å²) in [5, 5.41) is 8.86. The number of benzene rings is 1. The van der Waals surface area contributed by atoms with Crippen molar-refractivity contribution in [3.63, 3.8) is 0 Å². The minimum atomic E-state index is -3.91. The molecular weight excluding hydrogens is 368 g/mol. The van der Waals surface area contributed by atoms with E-state index in [4.69, 9.17) is 10.00 Å². The molecule has 114 valence electrons. The lowest BCUT2D eigenvalue weighted by Crippen LogP contribution is -2.13. The number of nitrogens with zero attached hydrogens (tertiary/aromatic N) is 2. The smallest absolute Gasteiger partial charge is 0.286 e. The Kier molecular flexibility index (Phi) is 4.84. The van der Waals surface area contributed by atoms with E-state index in [-0.39, 0.29) is 16.6 Å². The Hall–Kier alpha value is -1.91. The van der Waals surface area contributed by atoms with Crippen LogP contribution < -0.4 is 4.74 Å². The fourth-order valence-electron chi connectivity index (χ4n) is 1.97. The summed E-state index contributed by atoms with van der Waals surface area (Å²) in [6, 6.07) is 6.72. The maximum Gasteiger partial charge on any atom is 0.286 e. The van der Waals surface area contributed by atoms with Crippen molar-refractivity contribution in [2.75, 3.05) is 7.11 Å². The molecule has 2 rings (SSSR count). The molecule has 1 aromatic rings. The molecule has 0 fully saturated rings. The molecule has 22 heavy (non-hydrogen) atoms. The summed E-state index contributed by atoms with van der Waals surface area (Å²) in [6.45, 7) is 1.79. The fourth-order valence-corrected chi connectivity index (χ4v) is 3.76. The van der Waals surface area contributed by atoms with E-state index >= 15 is 0 Å². The van der Waals surface area contributed by atoms with Crippen LogP contribution in [0.4, 0.5) is 0 Å². The first-order valence-electron chi connectivity index (χ1n) is 6.36. The second-order valence-corrected chi connectivity index (χ2v) is 7.13. The molecule has 0 radical (unpaired) electrons. The van der Waals surface area contributed by atoms with Crippen molar-refractivity contribution in [1.29, 1.82) is 5.26 Å². The predicted molar refractivity (Wildman–Crippen MR) is 87.3 cm³/mol. The van der Waals surface area contributed by atoms with Crippen molar-refractivity contribution >= 4 is 31.7 Å². The lowest BCUT2D eigenvalue weighted by atomic mass is 9.97. The molecule has 0 amide bonds. The maximum atomic E-state index is 12.5. The van der Waals surface area contributed by atoms with Gasteiger partial charge in [0.1, 0.15) is 10.6 Å². The van der Waals surface area contributed by atoms with Crippen LogP contribution in [0.2, 0.25) is 0 Å². The van der Waals surface area contributed by atoms with Gasteiger partial charge in [-0.1, -0.05) is 28.9 Å². The van der Waals surface area contributed by atoms with Crippen LogP contribution in [0.25, 0.3) is 0 Å². The van der Waals surface area contributed by atoms with E-state index in [0.29, 0.717) is 15.8 Å². The molecule has 1 aliphatic carbocycles. The second kappa shape index (κ2) is 6.46. The van der Waals surface area contributed by atoms with Gasteiger partial charge in [0.15, 0.2) is 0 Å². The Morgan fingerprint density at radius 3 is 2.68 bits per heavy atom. The largest absolute Gasteiger partial charge is 0.495 e. The van der Waals surface area contributed by atoms with E-state index in [1.807, 2.05) is 6.07 Å². The molecule has 0 heterocycles. The average Bonchev–Trinajstić information content (AvgIpc) is 2.49. The molecule has 1 aromatic carbocycles. The molecule has 0 saturated heterocycles. The minimum absolute atomic E-state index is 0.00691. The van der Waals surface area contributed by atoms with E-state index in [1.54, 1.807) is 37.3 Å². The van der Waals surface area contributed by atoms with Crippen LogP contribution in [0, 0.1) is 17.2 Å². The number of sulfonamides is 1. The number of allylic oxidation sites excluding steroid dienone is 4. The molecule has 5 nitrogen and oxygen atoms in total. The first kappa shape index (κ1) is 16.5. The minimum Gasteiger partial charge on any atom is -0.495 e. The molecule has 0 aliphatic heterocycles. The van der Waals surface area contributed by atoms with E-state index < -0.39 is 10.0 Å². The van der Waals surface area contributed by atoms with E-state index in [1.165, 1.54) is 13.2 Å². The van der Waals surface area contributed by atoms with Crippen LogP contribution in [0.3, 0.4) is 0 Å². The molecule has 0 saturated carbocycles. The van der Waals surface area contributed by atoms with Crippen LogP contribution in [-0.2, 0) is 10.0 Å². The van der Waals surface area contributed by atoms with Gasteiger partial charge in [0.05, 0.1) is 18.9 Å². The highest BCUT2D eigenvalue weighted by Gasteiger charge is 2.22. The zero-order valence-corrected chi connectivity index (χ0v) is 14.3. The van der Waals surface area contributed by atoms with E-state index in [2.05, 4.69) is 20.3 Å². The van der Waals surface area contributed by atoms with Crippen molar-refractivity contribution in [2.24, 2.45) is 10.3 Å². The number of hydrogen-bond donors (Lipinski definition) is 0. The fraction of sp³-hybridized carbons (Fsp3) is 0.200. The van der Waals surface area contributed by atoms with Crippen LogP contribution in [0.1, 0.15) is 6.92 Å². The monoisotopic (exact) mass is 380 g/mol. The Labute approximate surface area is 137 Å². The van der Waals surface area contributed by atoms with Crippen molar-refractivity contribution in [1.82, 2.24) is 0 Å². The third kappa shape index (κ3) is 3.46. The number of halogens is 1. The highest BCUT2D eigenvalue weighted by molar-refractivity contribution is 9.10. The third-order valence-electron chi connectivity index (χ3n) is 3.09. The van der Waals surface area contributed by atoms with Crippen molar-refractivity contribution in [2.45, 2.75) is 11.8 Å². The first-order valence-corrected chi connectivity index (χ1v) is 8.59. The third-order valence-corrected chi connectivity index (χ3v) is 4.91. The molecule has 1 atom stereocenters. The van der Waals surface area contributed by atoms with Crippen molar-refractivity contribution in [3.8, 4) is 11.8 Å². The summed E-state index contributed by atoms with van der Waals surface area (Å²) in [6.07, 6.45) is 4.77. The number of methoxy groups -OCH3 is 1. The summed E-state index contributed by atoms with van der Waals surface area (Å²) >= 11 is 3.24. The van der Waals surface area contributed by atoms with Gasteiger partial charge < -0.3 is 4.74 Å². The lowest BCUT2D eigenvalue weighted by molar-refractivity contribution is 0.402. The Balaban J connectivity index is 2.48. The average molecular weight is 381 g/mol. The molecule has 0 aromatic heterocycles. The summed E-state index contributed by atoms with van der Waals surface area (Å²) in [7, 11) is -2.51. The van der Waals surface area contributed by atoms with Crippen LogP contribution in [-0.4, -0.2) is 21.2 Å².